The highest BCUT2D eigenvalue weighted by Crippen LogP contribution is 2.58. The minimum absolute atomic E-state index is 1.33. The van der Waals surface area contributed by atoms with Crippen LogP contribution >= 0.6 is 41.3 Å². The van der Waals surface area contributed by atoms with Gasteiger partial charge in [0.15, 0.2) is 0 Å². The molecule has 0 aliphatic carbocycles. The first-order valence-electron chi connectivity index (χ1n) is 11.2. The van der Waals surface area contributed by atoms with Gasteiger partial charge in [-0.3, -0.25) is 0 Å². The molecule has 3 aromatic carbocycles. The van der Waals surface area contributed by atoms with E-state index in [1.165, 1.54) is 40.7 Å². The lowest BCUT2D eigenvalue weighted by molar-refractivity contribution is 1.72. The molecule has 0 bridgehead atoms. The summed E-state index contributed by atoms with van der Waals surface area (Å²) in [6.07, 6.45) is 0. The van der Waals surface area contributed by atoms with Crippen molar-refractivity contribution in [1.29, 1.82) is 0 Å². The Hall–Kier alpha value is -2.81. The van der Waals surface area contributed by atoms with Gasteiger partial charge in [0.25, 0.3) is 0 Å². The van der Waals surface area contributed by atoms with Crippen LogP contribution in [0.4, 0.5) is 0 Å². The highest BCUT2D eigenvalue weighted by Gasteiger charge is 2.50. The van der Waals surface area contributed by atoms with Crippen LogP contribution in [0.5, 0.6) is 0 Å². The molecule has 6 rings (SSSR count). The van der Waals surface area contributed by atoms with Gasteiger partial charge in [0.05, 0.1) is 4.88 Å². The summed E-state index contributed by atoms with van der Waals surface area (Å²) in [5, 5.41) is 9.99. The van der Waals surface area contributed by atoms with E-state index in [4.69, 9.17) is 0 Å². The molecule has 0 saturated heterocycles. The Bertz CT molecular complexity index is 1370. The van der Waals surface area contributed by atoms with Crippen molar-refractivity contribution in [3.8, 4) is 19.5 Å². The van der Waals surface area contributed by atoms with E-state index in [1.54, 1.807) is 0 Å². The Morgan fingerprint density at radius 1 is 0.441 bits per heavy atom. The van der Waals surface area contributed by atoms with Crippen molar-refractivity contribution in [2.75, 3.05) is 0 Å². The van der Waals surface area contributed by atoms with Crippen molar-refractivity contribution in [2.24, 2.45) is 0 Å². The maximum absolute atomic E-state index is 2.49. The first kappa shape index (κ1) is 21.7. The summed E-state index contributed by atoms with van der Waals surface area (Å²) in [6.45, 7) is 0. The summed E-state index contributed by atoms with van der Waals surface area (Å²) < 4.78 is 0. The number of thiophene rings is 3. The van der Waals surface area contributed by atoms with Crippen LogP contribution in [-0.2, 0) is 0 Å². The molecule has 0 spiro atoms. The van der Waals surface area contributed by atoms with Crippen LogP contribution in [0.1, 0.15) is 0 Å². The van der Waals surface area contributed by atoms with Crippen LogP contribution in [-0.4, -0.2) is 0 Å². The van der Waals surface area contributed by atoms with Crippen LogP contribution in [0, 0.1) is 0 Å². The van der Waals surface area contributed by atoms with E-state index < -0.39 is 7.26 Å². The molecule has 6 aromatic rings. The Morgan fingerprint density at radius 3 is 1.35 bits per heavy atom. The summed E-state index contributed by atoms with van der Waals surface area (Å²) in [5.74, 6) is 0. The van der Waals surface area contributed by atoms with Gasteiger partial charge in [0.2, 0.25) is 0 Å². The zero-order chi connectivity index (χ0) is 22.8. The molecule has 0 amide bonds. The van der Waals surface area contributed by atoms with Crippen LogP contribution in [0.25, 0.3) is 19.5 Å². The lowest BCUT2D eigenvalue weighted by Crippen LogP contribution is -2.38. The van der Waals surface area contributed by atoms with E-state index in [1.807, 2.05) is 34.0 Å². The van der Waals surface area contributed by atoms with Gasteiger partial charge in [-0.1, -0.05) is 66.7 Å². The molecule has 4 heteroatoms. The fraction of sp³-hybridized carbons (Fsp3) is 0. The van der Waals surface area contributed by atoms with Gasteiger partial charge in [0, 0.05) is 20.7 Å². The molecule has 3 heterocycles. The van der Waals surface area contributed by atoms with Gasteiger partial charge >= 0.3 is 0 Å². The molecule has 3 aromatic heterocycles. The largest absolute Gasteiger partial charge is 0.145 e. The normalized spacial score (nSPS) is 11.5. The number of rotatable bonds is 6. The smallest absolute Gasteiger partial charge is 0.143 e. The fourth-order valence-electron chi connectivity index (χ4n) is 4.57. The summed E-state index contributed by atoms with van der Waals surface area (Å²) in [7, 11) is -2.14. The first-order valence-corrected chi connectivity index (χ1v) is 15.5. The maximum Gasteiger partial charge on any atom is 0.145 e. The third kappa shape index (κ3) is 3.70. The van der Waals surface area contributed by atoms with Gasteiger partial charge in [-0.25, -0.2) is 0 Å². The molecule has 0 atom stereocenters. The second-order valence-corrected chi connectivity index (χ2v) is 14.3. The van der Waals surface area contributed by atoms with Gasteiger partial charge in [-0.2, -0.15) is 0 Å². The standard InChI is InChI=1S/C30H22PS3/c1-4-12-23(13-5-1)31(24-14-6-2-7-15-24,25-16-8-3-9-17-25)26-22-29(27-18-10-20-32-27)34-30(26)28-19-11-21-33-28/h1-22H/q+1. The lowest BCUT2D eigenvalue weighted by Gasteiger charge is -2.27. The van der Waals surface area contributed by atoms with Crippen molar-refractivity contribution < 1.29 is 0 Å². The average Bonchev–Trinajstić information content (AvgIpc) is 3.69. The minimum Gasteiger partial charge on any atom is -0.143 e. The van der Waals surface area contributed by atoms with Crippen LogP contribution in [0.15, 0.2) is 132 Å². The Kier molecular flexibility index (Phi) is 6.03. The van der Waals surface area contributed by atoms with E-state index >= 15 is 0 Å². The lowest BCUT2D eigenvalue weighted by atomic mass is 10.3. The zero-order valence-electron chi connectivity index (χ0n) is 18.4. The predicted molar refractivity (Wildman–Crippen MR) is 156 cm³/mol. The van der Waals surface area contributed by atoms with Crippen molar-refractivity contribution in [2.45, 2.75) is 0 Å². The van der Waals surface area contributed by atoms with Crippen molar-refractivity contribution in [3.63, 3.8) is 0 Å². The van der Waals surface area contributed by atoms with Crippen LogP contribution in [0.3, 0.4) is 0 Å². The Morgan fingerprint density at radius 2 is 0.912 bits per heavy atom. The summed E-state index contributed by atoms with van der Waals surface area (Å²) in [5.41, 5.74) is 0. The first-order chi connectivity index (χ1) is 16.9. The topological polar surface area (TPSA) is 0 Å². The third-order valence-corrected chi connectivity index (χ3v) is 13.7. The molecular weight excluding hydrogens is 488 g/mol. The van der Waals surface area contributed by atoms with Crippen molar-refractivity contribution in [3.05, 3.63) is 132 Å². The van der Waals surface area contributed by atoms with Gasteiger partial charge < -0.3 is 0 Å². The monoisotopic (exact) mass is 509 g/mol. The molecule has 164 valence electrons. The van der Waals surface area contributed by atoms with Gasteiger partial charge in [-0.15, -0.1) is 34.0 Å². The zero-order valence-corrected chi connectivity index (χ0v) is 21.7. The number of hydrogen-bond donors (Lipinski definition) is 0. The second-order valence-electron chi connectivity index (χ2n) is 7.96. The molecular formula is C30H22PS3+. The number of benzene rings is 3. The van der Waals surface area contributed by atoms with Crippen molar-refractivity contribution >= 4 is 62.5 Å². The van der Waals surface area contributed by atoms with E-state index in [-0.39, 0.29) is 0 Å². The number of hydrogen-bond acceptors (Lipinski definition) is 3. The van der Waals surface area contributed by atoms with Gasteiger partial charge in [-0.05, 0) is 59.3 Å². The predicted octanol–water partition coefficient (Wildman–Crippen LogP) is 7.82. The highest BCUT2D eigenvalue weighted by molar-refractivity contribution is 8.02. The van der Waals surface area contributed by atoms with E-state index in [0.29, 0.717) is 0 Å². The summed E-state index contributed by atoms with van der Waals surface area (Å²) >= 11 is 5.59. The highest BCUT2D eigenvalue weighted by atomic mass is 32.1. The Balaban J connectivity index is 1.76. The minimum atomic E-state index is -2.14. The van der Waals surface area contributed by atoms with E-state index in [9.17, 15) is 0 Å². The van der Waals surface area contributed by atoms with E-state index in [2.05, 4.69) is 132 Å². The molecule has 0 nitrogen and oxygen atoms in total. The van der Waals surface area contributed by atoms with Crippen LogP contribution < -0.4 is 21.2 Å². The Labute approximate surface area is 213 Å². The fourth-order valence-corrected chi connectivity index (χ4v) is 12.4. The van der Waals surface area contributed by atoms with E-state index in [0.717, 1.165) is 0 Å². The summed E-state index contributed by atoms with van der Waals surface area (Å²) in [6, 6.07) is 44.8. The molecule has 34 heavy (non-hydrogen) atoms. The molecule has 0 unspecified atom stereocenters. The average molecular weight is 510 g/mol. The second kappa shape index (κ2) is 9.44. The molecule has 0 radical (unpaired) electrons. The van der Waals surface area contributed by atoms with Gasteiger partial charge in [0.1, 0.15) is 28.5 Å². The molecule has 0 aliphatic heterocycles. The third-order valence-electron chi connectivity index (χ3n) is 6.01. The molecule has 0 saturated carbocycles. The molecule has 0 fully saturated rings. The van der Waals surface area contributed by atoms with Crippen LogP contribution in [0.2, 0.25) is 0 Å². The molecule has 0 N–H and O–H groups in total. The SMILES string of the molecule is c1ccc([P+](c2ccccc2)(c2ccccc2)c2cc(-c3cccs3)sc2-c2cccs2)cc1. The maximum atomic E-state index is 2.49. The summed E-state index contributed by atoms with van der Waals surface area (Å²) in [4.78, 5) is 5.42. The molecule has 0 aliphatic rings. The van der Waals surface area contributed by atoms with Crippen molar-refractivity contribution in [1.82, 2.24) is 0 Å². The quantitative estimate of drug-likeness (QED) is 0.201.